The Labute approximate surface area is 191 Å². The van der Waals surface area contributed by atoms with Gasteiger partial charge in [0, 0.05) is 41.8 Å². The molecular formula is C24H26N4O5. The number of aromatic amines is 1. The monoisotopic (exact) mass is 450 g/mol. The number of methoxy groups -OCH3 is 1. The molecule has 33 heavy (non-hydrogen) atoms. The van der Waals surface area contributed by atoms with Crippen LogP contribution < -0.4 is 20.1 Å². The molecule has 0 spiro atoms. The number of hydrogen-bond donors (Lipinski definition) is 3. The predicted molar refractivity (Wildman–Crippen MR) is 123 cm³/mol. The number of hydrogen-bond acceptors (Lipinski definition) is 5. The zero-order valence-corrected chi connectivity index (χ0v) is 18.3. The standard InChI is InChI=1S/C24H26N4O5/c1-32-18-4-5-19-21(14-18)33-12-10-26-22(29)15-28(11-2-8-27-23(19)30)24(31)17-3-6-20-16(13-17)7-9-25-20/h3-7,9,13-14,25H,2,8,10-12,15H2,1H3,(H,26,29)(H,27,30). The lowest BCUT2D eigenvalue weighted by Crippen LogP contribution is -2.43. The van der Waals surface area contributed by atoms with E-state index in [-0.39, 0.29) is 37.4 Å². The predicted octanol–water partition coefficient (Wildman–Crippen LogP) is 1.95. The first-order valence-corrected chi connectivity index (χ1v) is 10.8. The topological polar surface area (TPSA) is 113 Å². The Balaban J connectivity index is 1.49. The van der Waals surface area contributed by atoms with Gasteiger partial charge in [-0.15, -0.1) is 0 Å². The number of H-pyrrole nitrogens is 1. The van der Waals surface area contributed by atoms with Crippen LogP contribution in [0.2, 0.25) is 0 Å². The molecule has 3 aromatic rings. The second kappa shape index (κ2) is 10.1. The number of carbonyl (C=O) groups excluding carboxylic acids is 3. The van der Waals surface area contributed by atoms with Crippen LogP contribution in [0.15, 0.2) is 48.7 Å². The van der Waals surface area contributed by atoms with E-state index in [0.29, 0.717) is 42.1 Å². The van der Waals surface area contributed by atoms with E-state index in [1.807, 2.05) is 18.3 Å². The van der Waals surface area contributed by atoms with Gasteiger partial charge in [-0.05, 0) is 42.8 Å². The first kappa shape index (κ1) is 22.2. The molecular weight excluding hydrogens is 424 g/mol. The van der Waals surface area contributed by atoms with Crippen molar-refractivity contribution in [2.45, 2.75) is 6.42 Å². The Hall–Kier alpha value is -4.01. The summed E-state index contributed by atoms with van der Waals surface area (Å²) in [5.74, 6) is 0.167. The maximum atomic E-state index is 13.2. The summed E-state index contributed by atoms with van der Waals surface area (Å²) < 4.78 is 10.9. The van der Waals surface area contributed by atoms with Crippen molar-refractivity contribution in [3.8, 4) is 11.5 Å². The third kappa shape index (κ3) is 5.25. The molecule has 0 atom stereocenters. The van der Waals surface area contributed by atoms with Gasteiger partial charge < -0.3 is 30.0 Å². The number of nitrogens with one attached hydrogen (secondary N) is 3. The zero-order valence-electron chi connectivity index (χ0n) is 18.3. The minimum absolute atomic E-state index is 0.0810. The normalized spacial score (nSPS) is 15.6. The van der Waals surface area contributed by atoms with Crippen LogP contribution in [0, 0.1) is 0 Å². The molecule has 2 aromatic carbocycles. The van der Waals surface area contributed by atoms with E-state index < -0.39 is 0 Å². The molecule has 4 rings (SSSR count). The number of benzene rings is 2. The second-order valence-electron chi connectivity index (χ2n) is 7.68. The van der Waals surface area contributed by atoms with Crippen LogP contribution in [0.4, 0.5) is 0 Å². The van der Waals surface area contributed by atoms with E-state index in [1.165, 1.54) is 12.0 Å². The van der Waals surface area contributed by atoms with Crippen molar-refractivity contribution in [2.24, 2.45) is 0 Å². The van der Waals surface area contributed by atoms with Crippen molar-refractivity contribution in [3.63, 3.8) is 0 Å². The lowest BCUT2D eigenvalue weighted by atomic mass is 10.1. The molecule has 3 amide bonds. The number of ether oxygens (including phenoxy) is 2. The molecule has 3 N–H and O–H groups in total. The Morgan fingerprint density at radius 3 is 2.79 bits per heavy atom. The van der Waals surface area contributed by atoms with Crippen molar-refractivity contribution < 1.29 is 23.9 Å². The van der Waals surface area contributed by atoms with Gasteiger partial charge in [0.05, 0.1) is 25.8 Å². The molecule has 172 valence electrons. The number of nitrogens with zero attached hydrogens (tertiary/aromatic N) is 1. The van der Waals surface area contributed by atoms with Gasteiger partial charge in [-0.2, -0.15) is 0 Å². The van der Waals surface area contributed by atoms with Crippen LogP contribution in [-0.2, 0) is 4.79 Å². The molecule has 0 saturated heterocycles. The minimum atomic E-state index is -0.276. The molecule has 0 bridgehead atoms. The van der Waals surface area contributed by atoms with E-state index in [4.69, 9.17) is 9.47 Å². The molecule has 1 aliphatic rings. The van der Waals surface area contributed by atoms with E-state index in [1.54, 1.807) is 30.3 Å². The molecule has 1 aromatic heterocycles. The molecule has 0 unspecified atom stereocenters. The summed E-state index contributed by atoms with van der Waals surface area (Å²) in [6.45, 7) is 0.977. The number of fused-ring (bicyclic) bond motifs is 2. The maximum absolute atomic E-state index is 13.2. The van der Waals surface area contributed by atoms with Crippen LogP contribution >= 0.6 is 0 Å². The first-order chi connectivity index (χ1) is 16.0. The Morgan fingerprint density at radius 1 is 1.06 bits per heavy atom. The van der Waals surface area contributed by atoms with Crippen LogP contribution in [0.1, 0.15) is 27.1 Å². The highest BCUT2D eigenvalue weighted by atomic mass is 16.5. The molecule has 1 aliphatic heterocycles. The van der Waals surface area contributed by atoms with E-state index >= 15 is 0 Å². The Morgan fingerprint density at radius 2 is 1.94 bits per heavy atom. The summed E-state index contributed by atoms with van der Waals surface area (Å²) >= 11 is 0. The van der Waals surface area contributed by atoms with E-state index in [0.717, 1.165) is 10.9 Å². The van der Waals surface area contributed by atoms with Crippen molar-refractivity contribution in [1.82, 2.24) is 20.5 Å². The lowest BCUT2D eigenvalue weighted by Gasteiger charge is -2.23. The fourth-order valence-electron chi connectivity index (χ4n) is 3.71. The Bertz CT molecular complexity index is 1170. The van der Waals surface area contributed by atoms with E-state index in [9.17, 15) is 14.4 Å². The summed E-state index contributed by atoms with van der Waals surface area (Å²) in [4.78, 5) is 42.9. The van der Waals surface area contributed by atoms with Gasteiger partial charge in [-0.3, -0.25) is 14.4 Å². The average Bonchev–Trinajstić information content (AvgIpc) is 3.30. The molecule has 0 saturated carbocycles. The van der Waals surface area contributed by atoms with Gasteiger partial charge in [0.2, 0.25) is 5.91 Å². The van der Waals surface area contributed by atoms with E-state index in [2.05, 4.69) is 15.6 Å². The zero-order chi connectivity index (χ0) is 23.2. The largest absolute Gasteiger partial charge is 0.497 e. The minimum Gasteiger partial charge on any atom is -0.497 e. The lowest BCUT2D eigenvalue weighted by molar-refractivity contribution is -0.121. The van der Waals surface area contributed by atoms with Gasteiger partial charge in [0.25, 0.3) is 11.8 Å². The molecule has 9 nitrogen and oxygen atoms in total. The van der Waals surface area contributed by atoms with Gasteiger partial charge in [0.1, 0.15) is 18.1 Å². The average molecular weight is 450 g/mol. The fourth-order valence-corrected chi connectivity index (χ4v) is 3.71. The SMILES string of the molecule is COc1ccc2c(c1)OCCNC(=O)CN(C(=O)c1ccc3[nH]ccc3c1)CCCNC2=O. The highest BCUT2D eigenvalue weighted by Gasteiger charge is 2.20. The van der Waals surface area contributed by atoms with Crippen molar-refractivity contribution >= 4 is 28.6 Å². The number of aromatic nitrogens is 1. The Kier molecular flexibility index (Phi) is 6.77. The van der Waals surface area contributed by atoms with Crippen LogP contribution in [0.5, 0.6) is 11.5 Å². The highest BCUT2D eigenvalue weighted by molar-refractivity contribution is 6.00. The summed E-state index contributed by atoms with van der Waals surface area (Å²) in [6.07, 6.45) is 2.30. The quantitative estimate of drug-likeness (QED) is 0.552. The summed E-state index contributed by atoms with van der Waals surface area (Å²) in [7, 11) is 1.54. The third-order valence-corrected chi connectivity index (χ3v) is 5.43. The smallest absolute Gasteiger partial charge is 0.255 e. The first-order valence-electron chi connectivity index (χ1n) is 10.8. The highest BCUT2D eigenvalue weighted by Crippen LogP contribution is 2.25. The maximum Gasteiger partial charge on any atom is 0.255 e. The summed E-state index contributed by atoms with van der Waals surface area (Å²) in [5.41, 5.74) is 1.82. The van der Waals surface area contributed by atoms with Gasteiger partial charge >= 0.3 is 0 Å². The molecule has 0 aliphatic carbocycles. The van der Waals surface area contributed by atoms with Crippen molar-refractivity contribution in [1.29, 1.82) is 0 Å². The number of amides is 3. The van der Waals surface area contributed by atoms with Crippen molar-refractivity contribution in [2.75, 3.05) is 39.9 Å². The summed E-state index contributed by atoms with van der Waals surface area (Å²) in [6, 6.07) is 12.3. The van der Waals surface area contributed by atoms with Gasteiger partial charge in [-0.25, -0.2) is 0 Å². The third-order valence-electron chi connectivity index (χ3n) is 5.43. The number of rotatable bonds is 2. The molecule has 2 heterocycles. The summed E-state index contributed by atoms with van der Waals surface area (Å²) in [5, 5.41) is 6.56. The molecule has 9 heteroatoms. The van der Waals surface area contributed by atoms with Gasteiger partial charge in [0.15, 0.2) is 0 Å². The van der Waals surface area contributed by atoms with Crippen LogP contribution in [-0.4, -0.2) is 67.5 Å². The van der Waals surface area contributed by atoms with Crippen LogP contribution in [0.25, 0.3) is 10.9 Å². The fraction of sp³-hybridized carbons (Fsp3) is 0.292. The van der Waals surface area contributed by atoms with Crippen molar-refractivity contribution in [3.05, 3.63) is 59.8 Å². The molecule has 0 radical (unpaired) electrons. The van der Waals surface area contributed by atoms with Crippen LogP contribution in [0.3, 0.4) is 0 Å². The number of carbonyl (C=O) groups is 3. The van der Waals surface area contributed by atoms with Gasteiger partial charge in [-0.1, -0.05) is 0 Å². The molecule has 0 fully saturated rings. The second-order valence-corrected chi connectivity index (χ2v) is 7.68.